The van der Waals surface area contributed by atoms with E-state index >= 15 is 0 Å². The van der Waals surface area contributed by atoms with Crippen molar-refractivity contribution < 1.29 is 4.84 Å². The number of hydrogen-bond donors (Lipinski definition) is 1. The fourth-order valence-electron chi connectivity index (χ4n) is 2.42. The van der Waals surface area contributed by atoms with Crippen molar-refractivity contribution in [3.63, 3.8) is 0 Å². The molecule has 1 fully saturated rings. The van der Waals surface area contributed by atoms with E-state index in [1.54, 1.807) is 0 Å². The molecule has 0 bridgehead atoms. The van der Waals surface area contributed by atoms with Gasteiger partial charge in [0.15, 0.2) is 0 Å². The van der Waals surface area contributed by atoms with Gasteiger partial charge in [-0.2, -0.15) is 10.6 Å². The summed E-state index contributed by atoms with van der Waals surface area (Å²) in [6.45, 7) is 0.698. The van der Waals surface area contributed by atoms with Crippen LogP contribution in [0.15, 0.2) is 42.7 Å². The van der Waals surface area contributed by atoms with Gasteiger partial charge in [0.1, 0.15) is 0 Å². The zero-order valence-corrected chi connectivity index (χ0v) is 11.0. The Hall–Kier alpha value is -1.65. The molecule has 0 amide bonds. The predicted molar refractivity (Wildman–Crippen MR) is 73.7 cm³/mol. The van der Waals surface area contributed by atoms with Gasteiger partial charge in [-0.25, -0.2) is 4.68 Å². The highest BCUT2D eigenvalue weighted by Crippen LogP contribution is 2.20. The number of nitrogens with zero attached hydrogens (tertiary/aromatic N) is 2. The first kappa shape index (κ1) is 12.4. The Balaban J connectivity index is 1.53. The molecule has 1 heterocycles. The van der Waals surface area contributed by atoms with Gasteiger partial charge in [0.2, 0.25) is 0 Å². The number of nitrogens with one attached hydrogen (secondary N) is 1. The van der Waals surface area contributed by atoms with Gasteiger partial charge in [-0.3, -0.25) is 4.84 Å². The van der Waals surface area contributed by atoms with Crippen molar-refractivity contribution in [3.8, 4) is 5.69 Å². The van der Waals surface area contributed by atoms with Crippen molar-refractivity contribution in [1.82, 2.24) is 15.3 Å². The molecule has 0 spiro atoms. The third-order valence-electron chi connectivity index (χ3n) is 3.49. The molecule has 1 aliphatic carbocycles. The molecule has 0 atom stereocenters. The summed E-state index contributed by atoms with van der Waals surface area (Å²) in [5.74, 6) is 0. The number of benzene rings is 1. The lowest BCUT2D eigenvalue weighted by Crippen LogP contribution is -2.21. The highest BCUT2D eigenvalue weighted by atomic mass is 16.7. The van der Waals surface area contributed by atoms with E-state index in [9.17, 15) is 0 Å². The summed E-state index contributed by atoms with van der Waals surface area (Å²) in [5.41, 5.74) is 5.26. The number of para-hydroxylation sites is 1. The van der Waals surface area contributed by atoms with Crippen LogP contribution >= 0.6 is 0 Å². The Labute approximate surface area is 113 Å². The molecule has 3 rings (SSSR count). The van der Waals surface area contributed by atoms with Crippen LogP contribution < -0.4 is 5.48 Å². The molecule has 100 valence electrons. The predicted octanol–water partition coefficient (Wildman–Crippen LogP) is 2.84. The Bertz CT molecular complexity index is 503. The molecule has 1 aliphatic rings. The van der Waals surface area contributed by atoms with Crippen LogP contribution in [-0.2, 0) is 11.4 Å². The van der Waals surface area contributed by atoms with E-state index in [-0.39, 0.29) is 0 Å². The van der Waals surface area contributed by atoms with E-state index < -0.39 is 0 Å². The van der Waals surface area contributed by atoms with Gasteiger partial charge in [-0.15, -0.1) is 0 Å². The normalized spacial score (nSPS) is 16.0. The van der Waals surface area contributed by atoms with Crippen LogP contribution in [0.3, 0.4) is 0 Å². The van der Waals surface area contributed by atoms with Crippen LogP contribution in [0.1, 0.15) is 31.2 Å². The number of aromatic nitrogens is 2. The zero-order valence-electron chi connectivity index (χ0n) is 11.0. The highest BCUT2D eigenvalue weighted by Gasteiger charge is 2.15. The van der Waals surface area contributed by atoms with Crippen molar-refractivity contribution in [3.05, 3.63) is 48.3 Å². The monoisotopic (exact) mass is 257 g/mol. The summed E-state index contributed by atoms with van der Waals surface area (Å²) in [6, 6.07) is 10.1. The highest BCUT2D eigenvalue weighted by molar-refractivity contribution is 5.30. The van der Waals surface area contributed by atoms with Gasteiger partial charge < -0.3 is 0 Å². The summed E-state index contributed by atoms with van der Waals surface area (Å²) in [4.78, 5) is 5.63. The molecule has 1 aromatic carbocycles. The first-order chi connectivity index (χ1) is 9.42. The van der Waals surface area contributed by atoms with Gasteiger partial charge in [0.05, 0.1) is 18.0 Å². The van der Waals surface area contributed by atoms with Gasteiger partial charge in [0, 0.05) is 18.3 Å². The fourth-order valence-corrected chi connectivity index (χ4v) is 2.42. The van der Waals surface area contributed by atoms with Gasteiger partial charge in [0.25, 0.3) is 0 Å². The lowest BCUT2D eigenvalue weighted by Gasteiger charge is -2.10. The topological polar surface area (TPSA) is 39.1 Å². The summed E-state index contributed by atoms with van der Waals surface area (Å²) < 4.78 is 1.88. The molecule has 1 saturated carbocycles. The summed E-state index contributed by atoms with van der Waals surface area (Å²) >= 11 is 0. The van der Waals surface area contributed by atoms with E-state index in [1.807, 2.05) is 47.4 Å². The summed E-state index contributed by atoms with van der Waals surface area (Å²) in [6.07, 6.45) is 9.23. The zero-order chi connectivity index (χ0) is 12.9. The van der Waals surface area contributed by atoms with Gasteiger partial charge in [-0.05, 0) is 25.0 Å². The van der Waals surface area contributed by atoms with Crippen molar-refractivity contribution in [1.29, 1.82) is 0 Å². The maximum Gasteiger partial charge on any atom is 0.0790 e. The summed E-state index contributed by atoms with van der Waals surface area (Å²) in [7, 11) is 0. The fraction of sp³-hybridized carbons (Fsp3) is 0.400. The number of hydrogen-bond acceptors (Lipinski definition) is 3. The molecule has 19 heavy (non-hydrogen) atoms. The third kappa shape index (κ3) is 3.22. The van der Waals surface area contributed by atoms with Gasteiger partial charge in [-0.1, -0.05) is 31.0 Å². The first-order valence-electron chi connectivity index (χ1n) is 6.89. The molecule has 4 nitrogen and oxygen atoms in total. The van der Waals surface area contributed by atoms with Crippen LogP contribution in [0.4, 0.5) is 0 Å². The average Bonchev–Trinajstić information content (AvgIpc) is 3.11. The Morgan fingerprint density at radius 3 is 2.79 bits per heavy atom. The minimum Gasteiger partial charge on any atom is -0.298 e. The Morgan fingerprint density at radius 2 is 2.00 bits per heavy atom. The molecule has 0 radical (unpaired) electrons. The SMILES string of the molecule is c1ccc(-n2cc(CNOC3CCCC3)cn2)cc1. The van der Waals surface area contributed by atoms with E-state index in [2.05, 4.69) is 10.6 Å². The first-order valence-corrected chi connectivity index (χ1v) is 6.89. The standard InChI is InChI=1S/C15H19N3O/c1-2-6-14(7-3-1)18-12-13(10-16-18)11-17-19-15-8-4-5-9-15/h1-3,6-7,10,12,15,17H,4-5,8-9,11H2. The molecular formula is C15H19N3O. The van der Waals surface area contributed by atoms with Gasteiger partial charge >= 0.3 is 0 Å². The molecule has 0 aliphatic heterocycles. The van der Waals surface area contributed by atoms with E-state index in [1.165, 1.54) is 25.7 Å². The second-order valence-electron chi connectivity index (χ2n) is 4.97. The van der Waals surface area contributed by atoms with E-state index in [0.29, 0.717) is 12.6 Å². The van der Waals surface area contributed by atoms with Crippen molar-refractivity contribution >= 4 is 0 Å². The minimum absolute atomic E-state index is 0.393. The average molecular weight is 257 g/mol. The maximum absolute atomic E-state index is 5.63. The van der Waals surface area contributed by atoms with Crippen LogP contribution in [0, 0.1) is 0 Å². The van der Waals surface area contributed by atoms with Crippen molar-refractivity contribution in [2.75, 3.05) is 0 Å². The maximum atomic E-state index is 5.63. The van der Waals surface area contributed by atoms with Crippen LogP contribution in [0.2, 0.25) is 0 Å². The minimum atomic E-state index is 0.393. The van der Waals surface area contributed by atoms with Crippen LogP contribution in [0.5, 0.6) is 0 Å². The van der Waals surface area contributed by atoms with E-state index in [4.69, 9.17) is 4.84 Å². The number of hydroxylamine groups is 1. The largest absolute Gasteiger partial charge is 0.298 e. The second-order valence-corrected chi connectivity index (χ2v) is 4.97. The van der Waals surface area contributed by atoms with E-state index in [0.717, 1.165) is 11.3 Å². The van der Waals surface area contributed by atoms with Crippen LogP contribution in [0.25, 0.3) is 5.69 Å². The number of rotatable bonds is 5. The van der Waals surface area contributed by atoms with Crippen molar-refractivity contribution in [2.24, 2.45) is 0 Å². The van der Waals surface area contributed by atoms with Crippen molar-refractivity contribution in [2.45, 2.75) is 38.3 Å². The molecule has 4 heteroatoms. The quantitative estimate of drug-likeness (QED) is 0.837. The molecular weight excluding hydrogens is 238 g/mol. The third-order valence-corrected chi connectivity index (χ3v) is 3.49. The molecule has 1 aromatic heterocycles. The Morgan fingerprint density at radius 1 is 1.21 bits per heavy atom. The Kier molecular flexibility index (Phi) is 3.91. The molecule has 0 unspecified atom stereocenters. The molecule has 2 aromatic rings. The van der Waals surface area contributed by atoms with Crippen LogP contribution in [-0.4, -0.2) is 15.9 Å². The molecule has 0 saturated heterocycles. The lowest BCUT2D eigenvalue weighted by atomic mass is 10.3. The lowest BCUT2D eigenvalue weighted by molar-refractivity contribution is -0.0244. The smallest absolute Gasteiger partial charge is 0.0790 e. The second kappa shape index (κ2) is 5.99. The summed E-state index contributed by atoms with van der Waals surface area (Å²) in [5, 5.41) is 4.36. The molecule has 1 N–H and O–H groups in total.